The summed E-state index contributed by atoms with van der Waals surface area (Å²) < 4.78 is 30.8. The first-order valence-corrected chi connectivity index (χ1v) is 8.71. The van der Waals surface area contributed by atoms with E-state index in [2.05, 4.69) is 0 Å². The Morgan fingerprint density at radius 3 is 2.65 bits per heavy atom. The van der Waals surface area contributed by atoms with Crippen LogP contribution in [0.2, 0.25) is 0 Å². The standard InChI is InChI=1S/C16H18N2O4S/c1-17(2)23(20,21)14-6-5-12-7-8-18(11-13(12)10-14)16(19)15-4-3-9-22-15/h3-6,9-10H,7-8,11H2,1-2H3. The molecule has 2 aromatic rings. The maximum atomic E-state index is 12.4. The van der Waals surface area contributed by atoms with Crippen molar-refractivity contribution in [3.8, 4) is 0 Å². The minimum atomic E-state index is -3.48. The Hall–Kier alpha value is -2.12. The SMILES string of the molecule is CN(C)S(=O)(=O)c1ccc2c(c1)CN(C(=O)c1ccco1)CC2. The van der Waals surface area contributed by atoms with Gasteiger partial charge in [0.25, 0.3) is 5.91 Å². The molecular weight excluding hydrogens is 316 g/mol. The van der Waals surface area contributed by atoms with Crippen LogP contribution in [0.4, 0.5) is 0 Å². The molecule has 0 unspecified atom stereocenters. The molecule has 0 bridgehead atoms. The van der Waals surface area contributed by atoms with Gasteiger partial charge in [0.05, 0.1) is 11.2 Å². The highest BCUT2D eigenvalue weighted by atomic mass is 32.2. The van der Waals surface area contributed by atoms with Crippen LogP contribution in [0.25, 0.3) is 0 Å². The van der Waals surface area contributed by atoms with Gasteiger partial charge in [-0.15, -0.1) is 0 Å². The molecule has 23 heavy (non-hydrogen) atoms. The summed E-state index contributed by atoms with van der Waals surface area (Å²) in [5.41, 5.74) is 1.94. The van der Waals surface area contributed by atoms with Gasteiger partial charge < -0.3 is 9.32 Å². The molecule has 1 aromatic heterocycles. The number of amides is 1. The van der Waals surface area contributed by atoms with Crippen molar-refractivity contribution in [1.29, 1.82) is 0 Å². The minimum absolute atomic E-state index is 0.179. The van der Waals surface area contributed by atoms with Crippen molar-refractivity contribution < 1.29 is 17.6 Å². The van der Waals surface area contributed by atoms with E-state index in [0.717, 1.165) is 11.1 Å². The molecule has 0 N–H and O–H groups in total. The molecule has 6 nitrogen and oxygen atoms in total. The molecular formula is C16H18N2O4S. The molecule has 1 aliphatic heterocycles. The summed E-state index contributed by atoms with van der Waals surface area (Å²) >= 11 is 0. The lowest BCUT2D eigenvalue weighted by atomic mass is 10.00. The summed E-state index contributed by atoms with van der Waals surface area (Å²) in [6.07, 6.45) is 2.16. The smallest absolute Gasteiger partial charge is 0.289 e. The van der Waals surface area contributed by atoms with E-state index in [0.29, 0.717) is 25.3 Å². The molecule has 0 radical (unpaired) electrons. The van der Waals surface area contributed by atoms with Crippen LogP contribution in [-0.2, 0) is 23.0 Å². The van der Waals surface area contributed by atoms with Gasteiger partial charge in [0.2, 0.25) is 10.0 Å². The van der Waals surface area contributed by atoms with Crippen molar-refractivity contribution in [1.82, 2.24) is 9.21 Å². The number of fused-ring (bicyclic) bond motifs is 1. The maximum Gasteiger partial charge on any atom is 0.289 e. The van der Waals surface area contributed by atoms with E-state index < -0.39 is 10.0 Å². The molecule has 0 spiro atoms. The summed E-state index contributed by atoms with van der Waals surface area (Å²) in [6.45, 7) is 0.970. The van der Waals surface area contributed by atoms with Crippen LogP contribution in [0, 0.1) is 0 Å². The van der Waals surface area contributed by atoms with Crippen LogP contribution in [0.1, 0.15) is 21.7 Å². The molecule has 0 saturated carbocycles. The van der Waals surface area contributed by atoms with Crippen LogP contribution in [0.3, 0.4) is 0 Å². The molecule has 0 atom stereocenters. The topological polar surface area (TPSA) is 70.8 Å². The second-order valence-electron chi connectivity index (χ2n) is 5.67. The van der Waals surface area contributed by atoms with Gasteiger partial charge in [0, 0.05) is 27.2 Å². The number of sulfonamides is 1. The summed E-state index contributed by atoms with van der Waals surface area (Å²) in [5.74, 6) is 0.118. The van der Waals surface area contributed by atoms with Crippen LogP contribution in [-0.4, -0.2) is 44.2 Å². The number of carbonyl (C=O) groups excluding carboxylic acids is 1. The zero-order valence-corrected chi connectivity index (χ0v) is 13.8. The highest BCUT2D eigenvalue weighted by Crippen LogP contribution is 2.24. The number of hydrogen-bond acceptors (Lipinski definition) is 4. The van der Waals surface area contributed by atoms with Gasteiger partial charge in [-0.2, -0.15) is 0 Å². The fourth-order valence-electron chi connectivity index (χ4n) is 2.63. The van der Waals surface area contributed by atoms with Crippen molar-refractivity contribution in [2.75, 3.05) is 20.6 Å². The number of nitrogens with zero attached hydrogens (tertiary/aromatic N) is 2. The normalized spacial score (nSPS) is 14.8. The van der Waals surface area contributed by atoms with Crippen LogP contribution in [0.15, 0.2) is 45.9 Å². The molecule has 0 fully saturated rings. The van der Waals surface area contributed by atoms with Gasteiger partial charge in [-0.1, -0.05) is 6.07 Å². The van der Waals surface area contributed by atoms with Gasteiger partial charge in [0.1, 0.15) is 0 Å². The monoisotopic (exact) mass is 334 g/mol. The lowest BCUT2D eigenvalue weighted by Crippen LogP contribution is -2.36. The first-order chi connectivity index (χ1) is 10.9. The van der Waals surface area contributed by atoms with E-state index in [4.69, 9.17) is 4.42 Å². The van der Waals surface area contributed by atoms with Crippen molar-refractivity contribution in [3.63, 3.8) is 0 Å². The Kier molecular flexibility index (Phi) is 3.99. The molecule has 1 aromatic carbocycles. The van der Waals surface area contributed by atoms with Crippen LogP contribution < -0.4 is 0 Å². The van der Waals surface area contributed by atoms with Crippen molar-refractivity contribution >= 4 is 15.9 Å². The van der Waals surface area contributed by atoms with Crippen molar-refractivity contribution in [2.24, 2.45) is 0 Å². The highest BCUT2D eigenvalue weighted by Gasteiger charge is 2.25. The third kappa shape index (κ3) is 2.89. The second kappa shape index (κ2) is 5.82. The summed E-state index contributed by atoms with van der Waals surface area (Å²) in [6, 6.07) is 8.42. The number of carbonyl (C=O) groups is 1. The zero-order valence-electron chi connectivity index (χ0n) is 13.0. The quantitative estimate of drug-likeness (QED) is 0.857. The molecule has 3 rings (SSSR count). The van der Waals surface area contributed by atoms with E-state index in [1.807, 2.05) is 6.07 Å². The Morgan fingerprint density at radius 1 is 1.22 bits per heavy atom. The minimum Gasteiger partial charge on any atom is -0.459 e. The molecule has 122 valence electrons. The molecule has 0 aliphatic carbocycles. The maximum absolute atomic E-state index is 12.4. The van der Waals surface area contributed by atoms with E-state index in [1.54, 1.807) is 29.2 Å². The average molecular weight is 334 g/mol. The van der Waals surface area contributed by atoms with Gasteiger partial charge in [-0.3, -0.25) is 4.79 Å². The number of hydrogen-bond donors (Lipinski definition) is 0. The summed E-state index contributed by atoms with van der Waals surface area (Å²) in [5, 5.41) is 0. The van der Waals surface area contributed by atoms with Crippen molar-refractivity contribution in [2.45, 2.75) is 17.9 Å². The Balaban J connectivity index is 1.89. The Labute approximate surface area is 135 Å². The average Bonchev–Trinajstić information content (AvgIpc) is 3.07. The van der Waals surface area contributed by atoms with Crippen LogP contribution in [0.5, 0.6) is 0 Å². The van der Waals surface area contributed by atoms with E-state index in [-0.39, 0.29) is 10.8 Å². The predicted octanol–water partition coefficient (Wildman–Crippen LogP) is 1.73. The Morgan fingerprint density at radius 2 is 2.00 bits per heavy atom. The van der Waals surface area contributed by atoms with E-state index in [9.17, 15) is 13.2 Å². The molecule has 2 heterocycles. The largest absolute Gasteiger partial charge is 0.459 e. The van der Waals surface area contributed by atoms with Crippen LogP contribution >= 0.6 is 0 Å². The predicted molar refractivity (Wildman–Crippen MR) is 84.5 cm³/mol. The van der Waals surface area contributed by atoms with Gasteiger partial charge >= 0.3 is 0 Å². The van der Waals surface area contributed by atoms with Crippen molar-refractivity contribution in [3.05, 3.63) is 53.5 Å². The molecule has 1 aliphatic rings. The first kappa shape index (κ1) is 15.8. The molecule has 0 saturated heterocycles. The van der Waals surface area contributed by atoms with Gasteiger partial charge in [0.15, 0.2) is 5.76 Å². The lowest BCUT2D eigenvalue weighted by Gasteiger charge is -2.28. The fourth-order valence-corrected chi connectivity index (χ4v) is 3.59. The fraction of sp³-hybridized carbons (Fsp3) is 0.312. The number of rotatable bonds is 3. The lowest BCUT2D eigenvalue weighted by molar-refractivity contribution is 0.0702. The zero-order chi connectivity index (χ0) is 16.6. The number of furan rings is 1. The van der Waals surface area contributed by atoms with E-state index in [1.165, 1.54) is 24.7 Å². The number of benzene rings is 1. The molecule has 7 heteroatoms. The second-order valence-corrected chi connectivity index (χ2v) is 7.82. The first-order valence-electron chi connectivity index (χ1n) is 7.26. The third-order valence-corrected chi connectivity index (χ3v) is 5.80. The highest BCUT2D eigenvalue weighted by molar-refractivity contribution is 7.89. The molecule has 1 amide bonds. The summed E-state index contributed by atoms with van der Waals surface area (Å²) in [4.78, 5) is 14.3. The van der Waals surface area contributed by atoms with Gasteiger partial charge in [-0.05, 0) is 41.8 Å². The Bertz CT molecular complexity index is 826. The van der Waals surface area contributed by atoms with Gasteiger partial charge in [-0.25, -0.2) is 12.7 Å². The van der Waals surface area contributed by atoms with E-state index >= 15 is 0 Å². The third-order valence-electron chi connectivity index (χ3n) is 3.99. The summed E-state index contributed by atoms with van der Waals surface area (Å²) in [7, 11) is -0.477.